The summed E-state index contributed by atoms with van der Waals surface area (Å²) in [5.41, 5.74) is -0.0763. The van der Waals surface area contributed by atoms with E-state index in [4.69, 9.17) is 13.9 Å². The van der Waals surface area contributed by atoms with Crippen molar-refractivity contribution in [2.24, 2.45) is 5.92 Å². The van der Waals surface area contributed by atoms with Crippen LogP contribution in [-0.2, 0) is 11.3 Å². The van der Waals surface area contributed by atoms with Crippen LogP contribution in [0.4, 0.5) is 0 Å². The third-order valence-electron chi connectivity index (χ3n) is 5.23. The molecule has 128 valence electrons. The zero-order valence-electron chi connectivity index (χ0n) is 13.9. The first kappa shape index (κ1) is 15.7. The van der Waals surface area contributed by atoms with Crippen LogP contribution in [0.1, 0.15) is 25.0 Å². The first-order valence-electron chi connectivity index (χ1n) is 8.76. The fourth-order valence-corrected chi connectivity index (χ4v) is 4.02. The molecular formula is C19H24N2O3. The Kier molecular flexibility index (Phi) is 4.54. The van der Waals surface area contributed by atoms with Crippen molar-refractivity contribution >= 4 is 0 Å². The van der Waals surface area contributed by atoms with E-state index in [-0.39, 0.29) is 5.60 Å². The molecule has 5 nitrogen and oxygen atoms in total. The lowest BCUT2D eigenvalue weighted by atomic mass is 9.89. The zero-order valence-corrected chi connectivity index (χ0v) is 13.9. The number of aromatic nitrogens is 1. The van der Waals surface area contributed by atoms with Gasteiger partial charge in [0, 0.05) is 25.2 Å². The number of hydrogen-bond donors (Lipinski definition) is 0. The van der Waals surface area contributed by atoms with E-state index in [0.717, 1.165) is 50.6 Å². The monoisotopic (exact) mass is 328 g/mol. The molecule has 1 spiro atoms. The van der Waals surface area contributed by atoms with E-state index in [9.17, 15) is 0 Å². The first-order chi connectivity index (χ1) is 11.8. The quantitative estimate of drug-likeness (QED) is 0.844. The van der Waals surface area contributed by atoms with Gasteiger partial charge in [0.05, 0.1) is 37.8 Å². The minimum absolute atomic E-state index is 0.0763. The highest BCUT2D eigenvalue weighted by atomic mass is 16.5. The number of hydrogen-bond acceptors (Lipinski definition) is 5. The molecule has 2 aromatic heterocycles. The summed E-state index contributed by atoms with van der Waals surface area (Å²) in [5, 5.41) is 0. The van der Waals surface area contributed by atoms with Crippen LogP contribution >= 0.6 is 0 Å². The molecule has 0 unspecified atom stereocenters. The van der Waals surface area contributed by atoms with Crippen molar-refractivity contribution in [2.45, 2.75) is 31.4 Å². The van der Waals surface area contributed by atoms with Gasteiger partial charge in [-0.15, -0.1) is 0 Å². The van der Waals surface area contributed by atoms with Gasteiger partial charge < -0.3 is 13.9 Å². The van der Waals surface area contributed by atoms with Crippen molar-refractivity contribution in [2.75, 3.05) is 26.3 Å². The van der Waals surface area contributed by atoms with Gasteiger partial charge in [-0.1, -0.05) is 0 Å². The summed E-state index contributed by atoms with van der Waals surface area (Å²) in [5.74, 6) is 2.29. The number of rotatable bonds is 5. The highest BCUT2D eigenvalue weighted by Crippen LogP contribution is 2.41. The van der Waals surface area contributed by atoms with Gasteiger partial charge in [-0.05, 0) is 43.5 Å². The minimum Gasteiger partial charge on any atom is -0.492 e. The highest BCUT2D eigenvalue weighted by Gasteiger charge is 2.47. The molecule has 0 N–H and O–H groups in total. The summed E-state index contributed by atoms with van der Waals surface area (Å²) in [7, 11) is 0. The molecule has 1 saturated heterocycles. The molecule has 5 heteroatoms. The van der Waals surface area contributed by atoms with Gasteiger partial charge >= 0.3 is 0 Å². The summed E-state index contributed by atoms with van der Waals surface area (Å²) < 4.78 is 17.8. The number of nitrogens with zero attached hydrogens (tertiary/aromatic N) is 2. The third kappa shape index (κ3) is 3.32. The Bertz CT molecular complexity index is 631. The topological polar surface area (TPSA) is 47.7 Å². The Labute approximate surface area is 142 Å². The van der Waals surface area contributed by atoms with Crippen molar-refractivity contribution in [3.05, 3.63) is 48.7 Å². The van der Waals surface area contributed by atoms with E-state index in [2.05, 4.69) is 9.88 Å². The zero-order chi connectivity index (χ0) is 16.2. The maximum absolute atomic E-state index is 6.31. The predicted molar refractivity (Wildman–Crippen MR) is 89.7 cm³/mol. The van der Waals surface area contributed by atoms with Crippen LogP contribution in [0.3, 0.4) is 0 Å². The maximum Gasteiger partial charge on any atom is 0.137 e. The van der Waals surface area contributed by atoms with Crippen LogP contribution in [-0.4, -0.2) is 41.8 Å². The molecule has 2 aromatic rings. The van der Waals surface area contributed by atoms with Crippen LogP contribution < -0.4 is 4.74 Å². The summed E-state index contributed by atoms with van der Waals surface area (Å²) in [6, 6.07) is 7.85. The van der Waals surface area contributed by atoms with Gasteiger partial charge in [0.1, 0.15) is 11.5 Å². The van der Waals surface area contributed by atoms with Crippen molar-refractivity contribution in [3.63, 3.8) is 0 Å². The SMILES string of the molecule is c1cncc(OC[C@@H]2CCC[C@@]23CN(Cc2ccco2)CCO3)c1. The lowest BCUT2D eigenvalue weighted by molar-refractivity contribution is -0.138. The van der Waals surface area contributed by atoms with E-state index in [0.29, 0.717) is 12.5 Å². The molecule has 2 aliphatic rings. The van der Waals surface area contributed by atoms with Gasteiger partial charge in [-0.3, -0.25) is 9.88 Å². The summed E-state index contributed by atoms with van der Waals surface area (Å²) in [6.45, 7) is 4.24. The fourth-order valence-electron chi connectivity index (χ4n) is 4.02. The van der Waals surface area contributed by atoms with Crippen molar-refractivity contribution in [1.82, 2.24) is 9.88 Å². The molecule has 0 aromatic carbocycles. The molecule has 2 atom stereocenters. The van der Waals surface area contributed by atoms with Crippen molar-refractivity contribution in [3.8, 4) is 5.75 Å². The molecular weight excluding hydrogens is 304 g/mol. The predicted octanol–water partition coefficient (Wildman–Crippen LogP) is 3.12. The first-order valence-corrected chi connectivity index (χ1v) is 8.76. The lowest BCUT2D eigenvalue weighted by Gasteiger charge is -2.43. The molecule has 2 fully saturated rings. The van der Waals surface area contributed by atoms with E-state index in [1.54, 1.807) is 18.7 Å². The largest absolute Gasteiger partial charge is 0.492 e. The van der Waals surface area contributed by atoms with Crippen LogP contribution in [0.25, 0.3) is 0 Å². The molecule has 1 aliphatic carbocycles. The Morgan fingerprint density at radius 2 is 2.33 bits per heavy atom. The molecule has 1 aliphatic heterocycles. The summed E-state index contributed by atoms with van der Waals surface area (Å²) in [6.07, 6.45) is 8.76. The third-order valence-corrected chi connectivity index (χ3v) is 5.23. The Hall–Kier alpha value is -1.85. The van der Waals surface area contributed by atoms with Gasteiger partial charge in [0.25, 0.3) is 0 Å². The highest BCUT2D eigenvalue weighted by molar-refractivity contribution is 5.15. The van der Waals surface area contributed by atoms with Crippen molar-refractivity contribution in [1.29, 1.82) is 0 Å². The number of furan rings is 1. The Morgan fingerprint density at radius 1 is 1.33 bits per heavy atom. The van der Waals surface area contributed by atoms with E-state index in [1.807, 2.05) is 24.3 Å². The van der Waals surface area contributed by atoms with Crippen LogP contribution in [0, 0.1) is 5.92 Å². The minimum atomic E-state index is -0.0763. The van der Waals surface area contributed by atoms with Crippen molar-refractivity contribution < 1.29 is 13.9 Å². The maximum atomic E-state index is 6.31. The fraction of sp³-hybridized carbons (Fsp3) is 0.526. The van der Waals surface area contributed by atoms with Gasteiger partial charge in [-0.2, -0.15) is 0 Å². The average Bonchev–Trinajstić information content (AvgIpc) is 3.25. The molecule has 0 amide bonds. The smallest absolute Gasteiger partial charge is 0.137 e. The van der Waals surface area contributed by atoms with E-state index in [1.165, 1.54) is 6.42 Å². The number of pyridine rings is 1. The van der Waals surface area contributed by atoms with Crippen LogP contribution in [0.15, 0.2) is 47.3 Å². The van der Waals surface area contributed by atoms with Gasteiger partial charge in [0.2, 0.25) is 0 Å². The second kappa shape index (κ2) is 6.95. The Balaban J connectivity index is 1.40. The Morgan fingerprint density at radius 3 is 3.17 bits per heavy atom. The standard InChI is InChI=1S/C19H24N2O3/c1-4-16(14-23-17-5-2-8-20-12-17)19(7-1)15-21(9-11-24-19)13-18-6-3-10-22-18/h2-3,5-6,8,10,12,16H,1,4,7,9,11,13-15H2/t16-,19+/m0/s1. The normalized spacial score (nSPS) is 27.6. The average molecular weight is 328 g/mol. The lowest BCUT2D eigenvalue weighted by Crippen LogP contribution is -2.54. The molecule has 0 bridgehead atoms. The molecule has 4 rings (SSSR count). The van der Waals surface area contributed by atoms with Gasteiger partial charge in [0.15, 0.2) is 0 Å². The molecule has 24 heavy (non-hydrogen) atoms. The molecule has 3 heterocycles. The second-order valence-corrected chi connectivity index (χ2v) is 6.79. The second-order valence-electron chi connectivity index (χ2n) is 6.79. The molecule has 1 saturated carbocycles. The number of ether oxygens (including phenoxy) is 2. The molecule has 0 radical (unpaired) electrons. The van der Waals surface area contributed by atoms with Crippen LogP contribution in [0.2, 0.25) is 0 Å². The van der Waals surface area contributed by atoms with E-state index < -0.39 is 0 Å². The van der Waals surface area contributed by atoms with Gasteiger partial charge in [-0.25, -0.2) is 0 Å². The van der Waals surface area contributed by atoms with Crippen LogP contribution in [0.5, 0.6) is 5.75 Å². The number of morpholine rings is 1. The summed E-state index contributed by atoms with van der Waals surface area (Å²) in [4.78, 5) is 6.56. The van der Waals surface area contributed by atoms with E-state index >= 15 is 0 Å². The summed E-state index contributed by atoms with van der Waals surface area (Å²) >= 11 is 0.